The normalized spacial score (nSPS) is 17.3. The molecule has 5 heteroatoms. The van der Waals surface area contributed by atoms with Gasteiger partial charge in [0.15, 0.2) is 0 Å². The first-order chi connectivity index (χ1) is 11.1. The average Bonchev–Trinajstić information content (AvgIpc) is 3.32. The van der Waals surface area contributed by atoms with Gasteiger partial charge in [0, 0.05) is 32.4 Å². The fourth-order valence-electron chi connectivity index (χ4n) is 3.29. The van der Waals surface area contributed by atoms with E-state index in [1.165, 1.54) is 18.5 Å². The van der Waals surface area contributed by atoms with Crippen molar-refractivity contribution < 1.29 is 4.79 Å². The third-order valence-corrected chi connectivity index (χ3v) is 4.99. The predicted octanol–water partition coefficient (Wildman–Crippen LogP) is 2.61. The number of rotatable bonds is 3. The Kier molecular flexibility index (Phi) is 3.36. The lowest BCUT2D eigenvalue weighted by Crippen LogP contribution is -2.44. The fraction of sp³-hybridized carbons (Fsp3) is 0.444. The Morgan fingerprint density at radius 1 is 1.22 bits per heavy atom. The first kappa shape index (κ1) is 14.3. The molecule has 1 aliphatic carbocycles. The van der Waals surface area contributed by atoms with Crippen molar-refractivity contribution in [3.63, 3.8) is 0 Å². The predicted molar refractivity (Wildman–Crippen MR) is 91.0 cm³/mol. The number of benzene rings is 1. The number of carbonyl (C=O) groups is 1. The zero-order valence-electron chi connectivity index (χ0n) is 13.7. The number of aryl methyl sites for hydroxylation is 1. The molecule has 0 saturated heterocycles. The van der Waals surface area contributed by atoms with Gasteiger partial charge in [0.25, 0.3) is 5.91 Å². The van der Waals surface area contributed by atoms with E-state index in [0.717, 1.165) is 36.9 Å². The van der Waals surface area contributed by atoms with E-state index in [1.807, 2.05) is 24.9 Å². The van der Waals surface area contributed by atoms with Crippen LogP contribution in [0.3, 0.4) is 0 Å². The molecule has 1 aliphatic heterocycles. The van der Waals surface area contributed by atoms with E-state index < -0.39 is 0 Å². The largest absolute Gasteiger partial charge is 0.368 e. The van der Waals surface area contributed by atoms with Crippen LogP contribution in [-0.2, 0) is 7.05 Å². The summed E-state index contributed by atoms with van der Waals surface area (Å²) in [4.78, 5) is 17.3. The van der Waals surface area contributed by atoms with Crippen LogP contribution >= 0.6 is 0 Å². The van der Waals surface area contributed by atoms with Crippen molar-refractivity contribution in [3.05, 3.63) is 41.7 Å². The van der Waals surface area contributed by atoms with Gasteiger partial charge in [-0.2, -0.15) is 5.10 Å². The summed E-state index contributed by atoms with van der Waals surface area (Å²) in [6.45, 7) is 4.69. The monoisotopic (exact) mass is 310 g/mol. The molecule has 0 N–H and O–H groups in total. The highest BCUT2D eigenvalue weighted by molar-refractivity contribution is 6.08. The van der Waals surface area contributed by atoms with Crippen LogP contribution in [0.4, 0.5) is 11.4 Å². The topological polar surface area (TPSA) is 41.4 Å². The van der Waals surface area contributed by atoms with Crippen molar-refractivity contribution in [2.45, 2.75) is 19.8 Å². The van der Waals surface area contributed by atoms with Crippen LogP contribution in [0, 0.1) is 12.8 Å². The number of carbonyl (C=O) groups excluding carboxylic acids is 1. The van der Waals surface area contributed by atoms with Crippen LogP contribution in [-0.4, -0.2) is 35.3 Å². The van der Waals surface area contributed by atoms with Crippen LogP contribution in [0.2, 0.25) is 0 Å². The minimum atomic E-state index is 0.0501. The molecule has 0 radical (unpaired) electrons. The van der Waals surface area contributed by atoms with E-state index in [0.29, 0.717) is 5.56 Å². The zero-order valence-corrected chi connectivity index (χ0v) is 13.7. The van der Waals surface area contributed by atoms with Crippen LogP contribution in [0.15, 0.2) is 30.5 Å². The fourth-order valence-corrected chi connectivity index (χ4v) is 3.29. The van der Waals surface area contributed by atoms with Crippen molar-refractivity contribution in [1.29, 1.82) is 0 Å². The lowest BCUT2D eigenvalue weighted by atomic mass is 10.1. The summed E-state index contributed by atoms with van der Waals surface area (Å²) in [5, 5.41) is 4.21. The summed E-state index contributed by atoms with van der Waals surface area (Å²) >= 11 is 0. The highest BCUT2D eigenvalue weighted by Crippen LogP contribution is 2.37. The molecular weight excluding hydrogens is 288 g/mol. The van der Waals surface area contributed by atoms with E-state index >= 15 is 0 Å². The standard InChI is InChI=1S/C18H22N4O/c1-13-15(11-19-20(13)2)18(23)22-10-9-21(12-14-7-8-14)16-5-3-4-6-17(16)22/h3-6,11,14H,7-10,12H2,1-2H3. The maximum absolute atomic E-state index is 13.0. The molecule has 1 amide bonds. The Hall–Kier alpha value is -2.30. The Bertz CT molecular complexity index is 747. The van der Waals surface area contributed by atoms with Crippen LogP contribution in [0.5, 0.6) is 0 Å². The molecule has 0 spiro atoms. The van der Waals surface area contributed by atoms with Gasteiger partial charge in [-0.1, -0.05) is 12.1 Å². The lowest BCUT2D eigenvalue weighted by Gasteiger charge is -2.37. The van der Waals surface area contributed by atoms with Crippen molar-refractivity contribution in [2.75, 3.05) is 29.4 Å². The maximum atomic E-state index is 13.0. The quantitative estimate of drug-likeness (QED) is 0.875. The summed E-state index contributed by atoms with van der Waals surface area (Å²) < 4.78 is 1.75. The minimum Gasteiger partial charge on any atom is -0.368 e. The van der Waals surface area contributed by atoms with Gasteiger partial charge in [0.05, 0.1) is 23.1 Å². The second kappa shape index (κ2) is 5.41. The summed E-state index contributed by atoms with van der Waals surface area (Å²) in [6, 6.07) is 8.25. The molecule has 2 aliphatic rings. The van der Waals surface area contributed by atoms with E-state index in [1.54, 1.807) is 10.9 Å². The highest BCUT2D eigenvalue weighted by atomic mass is 16.2. The summed E-state index contributed by atoms with van der Waals surface area (Å²) in [5.41, 5.74) is 3.80. The molecule has 23 heavy (non-hydrogen) atoms. The maximum Gasteiger partial charge on any atom is 0.261 e. The molecule has 1 aromatic heterocycles. The molecule has 4 rings (SSSR count). The summed E-state index contributed by atoms with van der Waals surface area (Å²) in [7, 11) is 1.87. The molecule has 1 aromatic carbocycles. The van der Waals surface area contributed by atoms with E-state index in [-0.39, 0.29) is 5.91 Å². The second-order valence-corrected chi connectivity index (χ2v) is 6.60. The van der Waals surface area contributed by atoms with Gasteiger partial charge in [0.2, 0.25) is 0 Å². The van der Waals surface area contributed by atoms with Gasteiger partial charge < -0.3 is 9.80 Å². The van der Waals surface area contributed by atoms with E-state index in [9.17, 15) is 4.79 Å². The van der Waals surface area contributed by atoms with E-state index in [4.69, 9.17) is 0 Å². The molecule has 0 atom stereocenters. The molecule has 1 fully saturated rings. The third-order valence-electron chi connectivity index (χ3n) is 4.99. The molecule has 0 unspecified atom stereocenters. The smallest absolute Gasteiger partial charge is 0.261 e. The molecule has 120 valence electrons. The van der Waals surface area contributed by atoms with Gasteiger partial charge in [-0.25, -0.2) is 0 Å². The highest BCUT2D eigenvalue weighted by Gasteiger charge is 2.31. The zero-order chi connectivity index (χ0) is 16.0. The Balaban J connectivity index is 1.66. The van der Waals surface area contributed by atoms with Crippen molar-refractivity contribution in [1.82, 2.24) is 9.78 Å². The number of para-hydroxylation sites is 2. The van der Waals surface area contributed by atoms with Gasteiger partial charge in [-0.3, -0.25) is 9.48 Å². The minimum absolute atomic E-state index is 0.0501. The van der Waals surface area contributed by atoms with Gasteiger partial charge in [-0.15, -0.1) is 0 Å². The third kappa shape index (κ3) is 2.50. The first-order valence-electron chi connectivity index (χ1n) is 8.29. The lowest BCUT2D eigenvalue weighted by molar-refractivity contribution is 0.0986. The summed E-state index contributed by atoms with van der Waals surface area (Å²) in [6.07, 6.45) is 4.36. The summed E-state index contributed by atoms with van der Waals surface area (Å²) in [5.74, 6) is 0.889. The van der Waals surface area contributed by atoms with Gasteiger partial charge >= 0.3 is 0 Å². The molecular formula is C18H22N4O. The van der Waals surface area contributed by atoms with Gasteiger partial charge in [0.1, 0.15) is 0 Å². The number of aromatic nitrogens is 2. The van der Waals surface area contributed by atoms with Crippen LogP contribution < -0.4 is 9.80 Å². The number of anilines is 2. The van der Waals surface area contributed by atoms with E-state index in [2.05, 4.69) is 28.2 Å². The Morgan fingerprint density at radius 3 is 2.61 bits per heavy atom. The molecule has 1 saturated carbocycles. The first-order valence-corrected chi connectivity index (χ1v) is 8.29. The molecule has 0 bridgehead atoms. The number of fused-ring (bicyclic) bond motifs is 1. The number of hydrogen-bond donors (Lipinski definition) is 0. The SMILES string of the molecule is Cc1c(C(=O)N2CCN(CC3CC3)c3ccccc32)cnn1C. The second-order valence-electron chi connectivity index (χ2n) is 6.60. The number of hydrogen-bond acceptors (Lipinski definition) is 3. The number of amides is 1. The van der Waals surface area contributed by atoms with Crippen LogP contribution in [0.25, 0.3) is 0 Å². The average molecular weight is 310 g/mol. The number of nitrogens with zero attached hydrogens (tertiary/aromatic N) is 4. The van der Waals surface area contributed by atoms with Crippen LogP contribution in [0.1, 0.15) is 28.9 Å². The molecule has 2 aromatic rings. The Labute approximate surface area is 136 Å². The molecule has 2 heterocycles. The van der Waals surface area contributed by atoms with Crippen molar-refractivity contribution >= 4 is 17.3 Å². The van der Waals surface area contributed by atoms with Crippen molar-refractivity contribution in [2.24, 2.45) is 13.0 Å². The van der Waals surface area contributed by atoms with Crippen molar-refractivity contribution in [3.8, 4) is 0 Å². The molecule has 5 nitrogen and oxygen atoms in total. The Morgan fingerprint density at radius 2 is 1.96 bits per heavy atom. The van der Waals surface area contributed by atoms with Gasteiger partial charge in [-0.05, 0) is 37.8 Å².